The standard InChI is InChI=1S/C22H21F2N3O2/c1-14-18(13-25)21(27(26-14)17-8-4-3-5-9-17)15(2)29-22-19(23)11-16(7-6-10-28)12-20(22)24/h3-5,8-9,11-12,15,28H,6-7,10H2,1-2H3. The van der Waals surface area contributed by atoms with Crippen molar-refractivity contribution in [1.29, 1.82) is 5.26 Å². The van der Waals surface area contributed by atoms with E-state index in [4.69, 9.17) is 9.84 Å². The van der Waals surface area contributed by atoms with Gasteiger partial charge in [0.05, 0.1) is 11.4 Å². The first-order valence-corrected chi connectivity index (χ1v) is 9.26. The smallest absolute Gasteiger partial charge is 0.191 e. The summed E-state index contributed by atoms with van der Waals surface area (Å²) >= 11 is 0. The number of halogens is 2. The molecule has 3 rings (SSSR count). The number of rotatable bonds is 7. The van der Waals surface area contributed by atoms with Crippen molar-refractivity contribution in [3.8, 4) is 17.5 Å². The number of nitrogens with zero attached hydrogens (tertiary/aromatic N) is 3. The Hall–Kier alpha value is -3.24. The zero-order valence-corrected chi connectivity index (χ0v) is 16.2. The van der Waals surface area contributed by atoms with Crippen LogP contribution < -0.4 is 4.74 Å². The Balaban J connectivity index is 1.98. The highest BCUT2D eigenvalue weighted by atomic mass is 19.1. The maximum atomic E-state index is 14.5. The number of aromatic nitrogens is 2. The van der Waals surface area contributed by atoms with Gasteiger partial charge in [-0.25, -0.2) is 13.5 Å². The van der Waals surface area contributed by atoms with Crippen LogP contribution in [0.15, 0.2) is 42.5 Å². The molecule has 1 aromatic heterocycles. The molecule has 0 fully saturated rings. The lowest BCUT2D eigenvalue weighted by Crippen LogP contribution is -2.13. The van der Waals surface area contributed by atoms with Gasteiger partial charge in [-0.3, -0.25) is 0 Å². The largest absolute Gasteiger partial charge is 0.478 e. The van der Waals surface area contributed by atoms with Gasteiger partial charge in [0.1, 0.15) is 23.4 Å². The quantitative estimate of drug-likeness (QED) is 0.642. The predicted molar refractivity (Wildman–Crippen MR) is 104 cm³/mol. The second-order valence-electron chi connectivity index (χ2n) is 6.68. The third-order valence-electron chi connectivity index (χ3n) is 4.57. The molecule has 0 amide bonds. The molecule has 3 aromatic rings. The van der Waals surface area contributed by atoms with E-state index in [0.717, 1.165) is 0 Å². The van der Waals surface area contributed by atoms with E-state index in [9.17, 15) is 14.0 Å². The molecule has 0 saturated heterocycles. The molecule has 7 heteroatoms. The highest BCUT2D eigenvalue weighted by molar-refractivity contribution is 5.45. The summed E-state index contributed by atoms with van der Waals surface area (Å²) in [6, 6.07) is 13.7. The molecule has 0 saturated carbocycles. The van der Waals surface area contributed by atoms with Crippen molar-refractivity contribution in [2.45, 2.75) is 32.8 Å². The number of para-hydroxylation sites is 1. The minimum absolute atomic E-state index is 0.0573. The number of hydrogen-bond acceptors (Lipinski definition) is 4. The molecule has 2 aromatic carbocycles. The average molecular weight is 397 g/mol. The van der Waals surface area contributed by atoms with Crippen molar-refractivity contribution in [2.24, 2.45) is 0 Å². The number of ether oxygens (including phenoxy) is 1. The number of nitriles is 1. The van der Waals surface area contributed by atoms with Crippen molar-refractivity contribution in [1.82, 2.24) is 9.78 Å². The van der Waals surface area contributed by atoms with Crippen LogP contribution in [0.25, 0.3) is 5.69 Å². The minimum Gasteiger partial charge on any atom is -0.478 e. The van der Waals surface area contributed by atoms with Gasteiger partial charge >= 0.3 is 0 Å². The van der Waals surface area contributed by atoms with Gasteiger partial charge in [-0.15, -0.1) is 0 Å². The lowest BCUT2D eigenvalue weighted by atomic mass is 10.1. The monoisotopic (exact) mass is 397 g/mol. The van der Waals surface area contributed by atoms with Crippen molar-refractivity contribution >= 4 is 0 Å². The number of aliphatic hydroxyl groups excluding tert-OH is 1. The van der Waals surface area contributed by atoms with E-state index in [1.54, 1.807) is 18.5 Å². The molecule has 0 aliphatic heterocycles. The van der Waals surface area contributed by atoms with Gasteiger partial charge in [-0.1, -0.05) is 18.2 Å². The molecule has 1 unspecified atom stereocenters. The van der Waals surface area contributed by atoms with E-state index >= 15 is 0 Å². The Kier molecular flexibility index (Phi) is 6.25. The van der Waals surface area contributed by atoms with Crippen molar-refractivity contribution in [2.75, 3.05) is 6.61 Å². The van der Waals surface area contributed by atoms with Crippen LogP contribution in [0.2, 0.25) is 0 Å². The number of aryl methyl sites for hydroxylation is 2. The summed E-state index contributed by atoms with van der Waals surface area (Å²) in [5.41, 5.74) is 2.38. The Labute approximate surface area is 167 Å². The molecule has 0 radical (unpaired) electrons. The van der Waals surface area contributed by atoms with Crippen LogP contribution in [0.1, 0.15) is 42.0 Å². The van der Waals surface area contributed by atoms with Crippen LogP contribution in [0.4, 0.5) is 8.78 Å². The molecule has 0 spiro atoms. The summed E-state index contributed by atoms with van der Waals surface area (Å²) in [5.74, 6) is -2.16. The van der Waals surface area contributed by atoms with Gasteiger partial charge in [0.2, 0.25) is 0 Å². The second kappa shape index (κ2) is 8.84. The first-order valence-electron chi connectivity index (χ1n) is 9.26. The summed E-state index contributed by atoms with van der Waals surface area (Å²) in [5, 5.41) is 22.9. The number of benzene rings is 2. The zero-order valence-electron chi connectivity index (χ0n) is 16.2. The zero-order chi connectivity index (χ0) is 21.0. The molecule has 150 valence electrons. The van der Waals surface area contributed by atoms with Crippen LogP contribution in [0.3, 0.4) is 0 Å². The maximum Gasteiger partial charge on any atom is 0.191 e. The van der Waals surface area contributed by atoms with Crippen molar-refractivity contribution in [3.63, 3.8) is 0 Å². The van der Waals surface area contributed by atoms with E-state index in [2.05, 4.69) is 11.2 Å². The van der Waals surface area contributed by atoms with Crippen LogP contribution in [0, 0.1) is 29.9 Å². The Bertz CT molecular complexity index is 1020. The second-order valence-corrected chi connectivity index (χ2v) is 6.68. The normalized spacial score (nSPS) is 11.9. The maximum absolute atomic E-state index is 14.5. The van der Waals surface area contributed by atoms with E-state index in [-0.39, 0.29) is 6.61 Å². The number of hydrogen-bond donors (Lipinski definition) is 1. The Morgan fingerprint density at radius 3 is 2.45 bits per heavy atom. The average Bonchev–Trinajstić information content (AvgIpc) is 3.06. The first-order chi connectivity index (χ1) is 14.0. The Morgan fingerprint density at radius 1 is 1.21 bits per heavy atom. The fraction of sp³-hybridized carbons (Fsp3) is 0.273. The van der Waals surface area contributed by atoms with Gasteiger partial charge in [0.25, 0.3) is 0 Å². The summed E-state index contributed by atoms with van der Waals surface area (Å²) in [7, 11) is 0. The molecule has 29 heavy (non-hydrogen) atoms. The molecule has 1 heterocycles. The van der Waals surface area contributed by atoms with Crippen LogP contribution >= 0.6 is 0 Å². The highest BCUT2D eigenvalue weighted by Gasteiger charge is 2.25. The third kappa shape index (κ3) is 4.28. The summed E-state index contributed by atoms with van der Waals surface area (Å²) < 4.78 is 36.2. The minimum atomic E-state index is -0.835. The molecule has 0 aliphatic rings. The van der Waals surface area contributed by atoms with Crippen LogP contribution in [-0.2, 0) is 6.42 Å². The number of aliphatic hydroxyl groups is 1. The first kappa shape index (κ1) is 20.5. The van der Waals surface area contributed by atoms with E-state index in [0.29, 0.717) is 41.0 Å². The molecule has 0 aliphatic carbocycles. The molecule has 0 bridgehead atoms. The van der Waals surface area contributed by atoms with Gasteiger partial charge in [0.15, 0.2) is 17.4 Å². The molecular weight excluding hydrogens is 376 g/mol. The van der Waals surface area contributed by atoms with Crippen molar-refractivity contribution in [3.05, 3.63) is 76.6 Å². The van der Waals surface area contributed by atoms with Gasteiger partial charge in [-0.05, 0) is 56.5 Å². The SMILES string of the molecule is Cc1nn(-c2ccccc2)c(C(C)Oc2c(F)cc(CCCO)cc2F)c1C#N. The van der Waals surface area contributed by atoms with Gasteiger partial charge in [-0.2, -0.15) is 10.4 Å². The fourth-order valence-electron chi connectivity index (χ4n) is 3.21. The van der Waals surface area contributed by atoms with E-state index < -0.39 is 23.5 Å². The fourth-order valence-corrected chi connectivity index (χ4v) is 3.21. The van der Waals surface area contributed by atoms with Gasteiger partial charge < -0.3 is 9.84 Å². The summed E-state index contributed by atoms with van der Waals surface area (Å²) in [6.45, 7) is 3.26. The molecule has 5 nitrogen and oxygen atoms in total. The Morgan fingerprint density at radius 2 is 1.86 bits per heavy atom. The van der Waals surface area contributed by atoms with Crippen LogP contribution in [0.5, 0.6) is 5.75 Å². The lowest BCUT2D eigenvalue weighted by molar-refractivity contribution is 0.197. The molecule has 1 atom stereocenters. The van der Waals surface area contributed by atoms with Gasteiger partial charge in [0, 0.05) is 6.61 Å². The predicted octanol–water partition coefficient (Wildman–Crippen LogP) is 4.40. The van der Waals surface area contributed by atoms with Crippen molar-refractivity contribution < 1.29 is 18.6 Å². The summed E-state index contributed by atoms with van der Waals surface area (Å²) in [4.78, 5) is 0. The summed E-state index contributed by atoms with van der Waals surface area (Å²) in [6.07, 6.45) is -0.0618. The molecular formula is C22H21F2N3O2. The topological polar surface area (TPSA) is 71.1 Å². The van der Waals surface area contributed by atoms with E-state index in [1.807, 2.05) is 30.3 Å². The lowest BCUT2D eigenvalue weighted by Gasteiger charge is -2.18. The third-order valence-corrected chi connectivity index (χ3v) is 4.57. The highest BCUT2D eigenvalue weighted by Crippen LogP contribution is 2.32. The molecule has 1 N–H and O–H groups in total. The van der Waals surface area contributed by atoms with E-state index in [1.165, 1.54) is 12.1 Å². The van der Waals surface area contributed by atoms with Crippen LogP contribution in [-0.4, -0.2) is 21.5 Å².